The molecule has 1 aliphatic rings. The van der Waals surface area contributed by atoms with Gasteiger partial charge in [0.1, 0.15) is 12.6 Å². The van der Waals surface area contributed by atoms with Crippen LogP contribution in [-0.4, -0.2) is 56.3 Å². The zero-order valence-electron chi connectivity index (χ0n) is 23.5. The van der Waals surface area contributed by atoms with Gasteiger partial charge >= 0.3 is 0 Å². The Labute approximate surface area is 249 Å². The van der Waals surface area contributed by atoms with E-state index in [1.807, 2.05) is 75.4 Å². The summed E-state index contributed by atoms with van der Waals surface area (Å²) in [6.45, 7) is 5.23. The number of sulfonamides is 1. The summed E-state index contributed by atoms with van der Waals surface area (Å²) in [6, 6.07) is 20.6. The molecule has 0 radical (unpaired) electrons. The molecule has 1 aliphatic heterocycles. The zero-order valence-corrected chi connectivity index (χ0v) is 25.9. The lowest BCUT2D eigenvalue weighted by molar-refractivity contribution is -0.140. The van der Waals surface area contributed by atoms with E-state index in [1.165, 1.54) is 11.0 Å². The van der Waals surface area contributed by atoms with Gasteiger partial charge in [0.15, 0.2) is 11.5 Å². The van der Waals surface area contributed by atoms with Crippen LogP contribution in [0.5, 0.6) is 11.5 Å². The minimum Gasteiger partial charge on any atom is -0.454 e. The van der Waals surface area contributed by atoms with Crippen LogP contribution in [0.2, 0.25) is 0 Å². The molecule has 1 atom stereocenters. The second kappa shape index (κ2) is 12.5. The van der Waals surface area contributed by atoms with Crippen molar-refractivity contribution in [3.8, 4) is 11.5 Å². The number of benzene rings is 3. The lowest BCUT2D eigenvalue weighted by atomic mass is 10.0. The summed E-state index contributed by atoms with van der Waals surface area (Å²) in [6.07, 6.45) is 1.28. The maximum Gasteiger partial charge on any atom is 0.244 e. The Morgan fingerprint density at radius 1 is 0.951 bits per heavy atom. The molecule has 9 nitrogen and oxygen atoms in total. The summed E-state index contributed by atoms with van der Waals surface area (Å²) in [7, 11) is -3.89. The highest BCUT2D eigenvalue weighted by atomic mass is 79.9. The van der Waals surface area contributed by atoms with Crippen molar-refractivity contribution in [3.05, 3.63) is 88.4 Å². The molecule has 2 amide bonds. The summed E-state index contributed by atoms with van der Waals surface area (Å²) >= 11 is 3.43. The van der Waals surface area contributed by atoms with Crippen LogP contribution < -0.4 is 19.1 Å². The lowest BCUT2D eigenvalue weighted by Gasteiger charge is -2.35. The van der Waals surface area contributed by atoms with Crippen LogP contribution in [0.15, 0.2) is 77.3 Å². The molecule has 218 valence electrons. The smallest absolute Gasteiger partial charge is 0.244 e. The molecular formula is C30H34BrN3O6S. The van der Waals surface area contributed by atoms with Crippen molar-refractivity contribution in [1.29, 1.82) is 0 Å². The molecular weight excluding hydrogens is 610 g/mol. The molecule has 0 saturated heterocycles. The van der Waals surface area contributed by atoms with Crippen molar-refractivity contribution >= 4 is 43.5 Å². The number of halogens is 1. The van der Waals surface area contributed by atoms with Crippen LogP contribution in [-0.2, 0) is 32.6 Å². The molecule has 1 heterocycles. The largest absolute Gasteiger partial charge is 0.454 e. The number of ether oxygens (including phenoxy) is 2. The Balaban J connectivity index is 1.74. The van der Waals surface area contributed by atoms with E-state index in [9.17, 15) is 18.0 Å². The van der Waals surface area contributed by atoms with Gasteiger partial charge in [-0.15, -0.1) is 0 Å². The van der Waals surface area contributed by atoms with Crippen LogP contribution in [0.25, 0.3) is 0 Å². The normalized spacial score (nSPS) is 13.4. The maximum absolute atomic E-state index is 14.2. The first kappa shape index (κ1) is 30.4. The van der Waals surface area contributed by atoms with Gasteiger partial charge in [0, 0.05) is 29.0 Å². The molecule has 3 aromatic rings. The number of nitrogens with zero attached hydrogens (tertiary/aromatic N) is 2. The fourth-order valence-electron chi connectivity index (χ4n) is 4.45. The second-order valence-corrected chi connectivity index (χ2v) is 13.7. The number of anilines is 1. The van der Waals surface area contributed by atoms with Crippen molar-refractivity contribution in [1.82, 2.24) is 10.2 Å². The number of rotatable bonds is 10. The first-order valence-electron chi connectivity index (χ1n) is 13.1. The molecule has 3 aromatic carbocycles. The van der Waals surface area contributed by atoms with Crippen LogP contribution in [0.1, 0.15) is 31.9 Å². The van der Waals surface area contributed by atoms with E-state index in [0.29, 0.717) is 11.5 Å². The van der Waals surface area contributed by atoms with Gasteiger partial charge in [-0.2, -0.15) is 0 Å². The summed E-state index contributed by atoms with van der Waals surface area (Å²) < 4.78 is 38.6. The average Bonchev–Trinajstić information content (AvgIpc) is 3.37. The molecule has 4 rings (SSSR count). The summed E-state index contributed by atoms with van der Waals surface area (Å²) in [5.41, 5.74) is 1.36. The van der Waals surface area contributed by atoms with Crippen LogP contribution in [0, 0.1) is 0 Å². The van der Waals surface area contributed by atoms with Crippen molar-refractivity contribution in [2.75, 3.05) is 23.9 Å². The van der Waals surface area contributed by atoms with Crippen LogP contribution >= 0.6 is 15.9 Å². The van der Waals surface area contributed by atoms with Crippen LogP contribution in [0.4, 0.5) is 5.69 Å². The third-order valence-electron chi connectivity index (χ3n) is 6.36. The van der Waals surface area contributed by atoms with Gasteiger partial charge in [0.2, 0.25) is 28.6 Å². The van der Waals surface area contributed by atoms with Crippen LogP contribution in [0.3, 0.4) is 0 Å². The van der Waals surface area contributed by atoms with E-state index in [1.54, 1.807) is 12.1 Å². The minimum atomic E-state index is -3.89. The van der Waals surface area contributed by atoms with E-state index < -0.39 is 34.1 Å². The molecule has 0 aromatic heterocycles. The summed E-state index contributed by atoms with van der Waals surface area (Å²) in [4.78, 5) is 29.4. The Hall–Kier alpha value is -3.57. The highest BCUT2D eigenvalue weighted by molar-refractivity contribution is 9.10. The van der Waals surface area contributed by atoms with E-state index in [-0.39, 0.29) is 31.4 Å². The quantitative estimate of drug-likeness (QED) is 0.349. The fraction of sp³-hybridized carbons (Fsp3) is 0.333. The molecule has 41 heavy (non-hydrogen) atoms. The van der Waals surface area contributed by atoms with Gasteiger partial charge in [0.25, 0.3) is 0 Å². The molecule has 0 saturated carbocycles. The topological polar surface area (TPSA) is 105 Å². The van der Waals surface area contributed by atoms with Crippen molar-refractivity contribution in [3.63, 3.8) is 0 Å². The van der Waals surface area contributed by atoms with Gasteiger partial charge in [-0.1, -0.05) is 58.4 Å². The number of carbonyl (C=O) groups is 2. The van der Waals surface area contributed by atoms with Gasteiger partial charge in [0.05, 0.1) is 11.9 Å². The third kappa shape index (κ3) is 8.23. The number of nitrogens with one attached hydrogen (secondary N) is 1. The van der Waals surface area contributed by atoms with Gasteiger partial charge < -0.3 is 19.7 Å². The first-order chi connectivity index (χ1) is 19.3. The molecule has 0 aliphatic carbocycles. The lowest BCUT2D eigenvalue weighted by Crippen LogP contribution is -2.56. The number of hydrogen-bond acceptors (Lipinski definition) is 6. The SMILES string of the molecule is CC(C)(C)NC(=O)[C@H](Cc1ccccc1)N(Cc1ccc(Br)cc1)C(=O)CN(c1ccc2c(c1)OCO2)S(C)(=O)=O. The molecule has 11 heteroatoms. The number of hydrogen-bond donors (Lipinski definition) is 1. The highest BCUT2D eigenvalue weighted by Gasteiger charge is 2.34. The maximum atomic E-state index is 14.2. The number of amides is 2. The van der Waals surface area contributed by atoms with E-state index >= 15 is 0 Å². The predicted octanol–water partition coefficient (Wildman–Crippen LogP) is 4.50. The molecule has 1 N–H and O–H groups in total. The van der Waals surface area contributed by atoms with E-state index in [0.717, 1.165) is 26.2 Å². The summed E-state index contributed by atoms with van der Waals surface area (Å²) in [5, 5.41) is 3.01. The number of fused-ring (bicyclic) bond motifs is 1. The highest BCUT2D eigenvalue weighted by Crippen LogP contribution is 2.36. The molecule has 0 unspecified atom stereocenters. The van der Waals surface area contributed by atoms with E-state index in [4.69, 9.17) is 9.47 Å². The molecule has 0 fully saturated rings. The minimum absolute atomic E-state index is 0.0294. The fourth-order valence-corrected chi connectivity index (χ4v) is 5.55. The Kier molecular flexibility index (Phi) is 9.28. The van der Waals surface area contributed by atoms with Gasteiger partial charge in [-0.3, -0.25) is 13.9 Å². The predicted molar refractivity (Wildman–Crippen MR) is 161 cm³/mol. The standard InChI is InChI=1S/C30H34BrN3O6S/c1-30(2,3)32-29(36)25(16-21-8-6-5-7-9-21)33(18-22-10-12-23(31)13-11-22)28(35)19-34(41(4,37)38)24-14-15-26-27(17-24)40-20-39-26/h5-15,17,25H,16,18-20H2,1-4H3,(H,32,36)/t25-/m0/s1. The Morgan fingerprint density at radius 3 is 2.24 bits per heavy atom. The molecule has 0 bridgehead atoms. The van der Waals surface area contributed by atoms with Crippen molar-refractivity contribution in [2.45, 2.75) is 45.3 Å². The number of carbonyl (C=O) groups excluding carboxylic acids is 2. The van der Waals surface area contributed by atoms with Crippen molar-refractivity contribution in [2.24, 2.45) is 0 Å². The van der Waals surface area contributed by atoms with Gasteiger partial charge in [-0.05, 0) is 56.2 Å². The third-order valence-corrected chi connectivity index (χ3v) is 8.03. The Bertz CT molecular complexity index is 1490. The monoisotopic (exact) mass is 643 g/mol. The van der Waals surface area contributed by atoms with Crippen molar-refractivity contribution < 1.29 is 27.5 Å². The zero-order chi connectivity index (χ0) is 29.8. The van der Waals surface area contributed by atoms with Gasteiger partial charge in [-0.25, -0.2) is 8.42 Å². The first-order valence-corrected chi connectivity index (χ1v) is 15.7. The van der Waals surface area contributed by atoms with E-state index in [2.05, 4.69) is 21.2 Å². The average molecular weight is 645 g/mol. The summed E-state index contributed by atoms with van der Waals surface area (Å²) in [5.74, 6) is 0.0239. The second-order valence-electron chi connectivity index (χ2n) is 10.9. The Morgan fingerprint density at radius 2 is 1.61 bits per heavy atom. The molecule has 0 spiro atoms.